The van der Waals surface area contributed by atoms with E-state index in [0.29, 0.717) is 24.0 Å². The van der Waals surface area contributed by atoms with E-state index in [-0.39, 0.29) is 18.1 Å². The molecule has 5 rings (SSSR count). The van der Waals surface area contributed by atoms with Gasteiger partial charge in [0.05, 0.1) is 15.9 Å². The van der Waals surface area contributed by atoms with Crippen molar-refractivity contribution in [3.8, 4) is 11.1 Å². The number of benzene rings is 1. The van der Waals surface area contributed by atoms with Crippen LogP contribution >= 0.6 is 11.3 Å². The molecular weight excluding hydrogens is 426 g/mol. The van der Waals surface area contributed by atoms with E-state index in [9.17, 15) is 9.59 Å². The molecule has 32 heavy (non-hydrogen) atoms. The average Bonchev–Trinajstić information content (AvgIpc) is 3.19. The number of anilines is 3. The van der Waals surface area contributed by atoms with E-state index in [1.807, 2.05) is 24.3 Å². The third-order valence-electron chi connectivity index (χ3n) is 5.83. The van der Waals surface area contributed by atoms with Crippen molar-refractivity contribution in [2.75, 3.05) is 28.6 Å². The van der Waals surface area contributed by atoms with Crippen molar-refractivity contribution < 1.29 is 14.3 Å². The summed E-state index contributed by atoms with van der Waals surface area (Å²) < 4.78 is 6.78. The van der Waals surface area contributed by atoms with Gasteiger partial charge in [0.2, 0.25) is 5.91 Å². The number of carbonyl (C=O) groups is 2. The van der Waals surface area contributed by atoms with Gasteiger partial charge in [-0.05, 0) is 49.4 Å². The minimum Gasteiger partial charge on any atom is -0.446 e. The summed E-state index contributed by atoms with van der Waals surface area (Å²) in [5, 5.41) is 6.59. The van der Waals surface area contributed by atoms with Gasteiger partial charge in [0.25, 0.3) is 0 Å². The van der Waals surface area contributed by atoms with E-state index >= 15 is 0 Å². The molecule has 8 nitrogen and oxygen atoms in total. The third-order valence-corrected chi connectivity index (χ3v) is 6.76. The second-order valence-corrected chi connectivity index (χ2v) is 9.23. The topological polar surface area (TPSA) is 96.5 Å². The van der Waals surface area contributed by atoms with Crippen LogP contribution in [0.5, 0.6) is 0 Å². The maximum atomic E-state index is 12.9. The van der Waals surface area contributed by atoms with Gasteiger partial charge in [-0.3, -0.25) is 9.69 Å². The number of pyridine rings is 1. The molecule has 9 heteroatoms. The fourth-order valence-electron chi connectivity index (χ4n) is 4.25. The van der Waals surface area contributed by atoms with Gasteiger partial charge in [-0.2, -0.15) is 0 Å². The number of amides is 2. The summed E-state index contributed by atoms with van der Waals surface area (Å²) >= 11 is 1.43. The lowest BCUT2D eigenvalue weighted by Crippen LogP contribution is -2.41. The van der Waals surface area contributed by atoms with Crippen LogP contribution in [0.1, 0.15) is 39.0 Å². The van der Waals surface area contributed by atoms with Crippen LogP contribution in [0.4, 0.5) is 21.4 Å². The summed E-state index contributed by atoms with van der Waals surface area (Å²) in [7, 11) is 0. The summed E-state index contributed by atoms with van der Waals surface area (Å²) in [5.41, 5.74) is 3.43. The highest BCUT2D eigenvalue weighted by atomic mass is 32.1. The van der Waals surface area contributed by atoms with E-state index in [2.05, 4.69) is 20.6 Å². The minimum atomic E-state index is -0.295. The van der Waals surface area contributed by atoms with Gasteiger partial charge in [0.1, 0.15) is 11.9 Å². The number of nitrogens with one attached hydrogen (secondary N) is 2. The van der Waals surface area contributed by atoms with Crippen LogP contribution < -0.4 is 15.5 Å². The molecule has 3 aromatic rings. The highest BCUT2D eigenvalue weighted by Crippen LogP contribution is 2.35. The highest BCUT2D eigenvalue weighted by Gasteiger charge is 2.28. The number of fused-ring (bicyclic) bond motifs is 2. The summed E-state index contributed by atoms with van der Waals surface area (Å²) in [4.78, 5) is 35.0. The van der Waals surface area contributed by atoms with Crippen LogP contribution in [0, 0.1) is 0 Å². The van der Waals surface area contributed by atoms with Crippen molar-refractivity contribution in [1.29, 1.82) is 0 Å². The van der Waals surface area contributed by atoms with Gasteiger partial charge in [0, 0.05) is 31.8 Å². The normalized spacial score (nSPS) is 16.3. The number of hydrogen-bond donors (Lipinski definition) is 2. The van der Waals surface area contributed by atoms with Crippen molar-refractivity contribution in [3.05, 3.63) is 30.5 Å². The van der Waals surface area contributed by atoms with Crippen molar-refractivity contribution in [1.82, 2.24) is 9.97 Å². The zero-order valence-electron chi connectivity index (χ0n) is 17.9. The first-order valence-electron chi connectivity index (χ1n) is 11.0. The molecule has 0 radical (unpaired) electrons. The van der Waals surface area contributed by atoms with Gasteiger partial charge < -0.3 is 15.4 Å². The van der Waals surface area contributed by atoms with Gasteiger partial charge in [-0.25, -0.2) is 14.8 Å². The predicted molar refractivity (Wildman–Crippen MR) is 126 cm³/mol. The summed E-state index contributed by atoms with van der Waals surface area (Å²) in [6.07, 6.45) is 6.86. The lowest BCUT2D eigenvalue weighted by molar-refractivity contribution is -0.114. The number of rotatable bonds is 3. The molecule has 0 saturated heterocycles. The molecule has 2 aromatic heterocycles. The fourth-order valence-corrected chi connectivity index (χ4v) is 5.20. The molecule has 2 N–H and O–H groups in total. The van der Waals surface area contributed by atoms with Crippen LogP contribution in [0.2, 0.25) is 0 Å². The molecule has 1 fully saturated rings. The Morgan fingerprint density at radius 1 is 1.19 bits per heavy atom. The molecule has 1 aliphatic carbocycles. The van der Waals surface area contributed by atoms with Crippen LogP contribution in [-0.2, 0) is 9.53 Å². The summed E-state index contributed by atoms with van der Waals surface area (Å²) in [6.45, 7) is 2.64. The Bertz CT molecular complexity index is 1170. The first-order valence-corrected chi connectivity index (χ1v) is 11.8. The lowest BCUT2D eigenvalue weighted by atomic mass is 9.98. The fraction of sp³-hybridized carbons (Fsp3) is 0.391. The monoisotopic (exact) mass is 451 g/mol. The number of hydrogen-bond acceptors (Lipinski definition) is 7. The van der Waals surface area contributed by atoms with Crippen LogP contribution in [0.15, 0.2) is 30.5 Å². The largest absolute Gasteiger partial charge is 0.446 e. The second-order valence-electron chi connectivity index (χ2n) is 8.20. The molecule has 0 atom stereocenters. The molecule has 1 saturated carbocycles. The first-order chi connectivity index (χ1) is 15.6. The van der Waals surface area contributed by atoms with Crippen molar-refractivity contribution in [2.24, 2.45) is 0 Å². The van der Waals surface area contributed by atoms with Gasteiger partial charge >= 0.3 is 6.09 Å². The Hall–Kier alpha value is -3.20. The SMILES string of the molecule is CC(=O)Nc1nc2ccc(-c3cnc4c(c3)N(C(=O)OC3CCCCC3)CCN4)cc2s1. The second kappa shape index (κ2) is 8.74. The predicted octanol–water partition coefficient (Wildman–Crippen LogP) is 5.02. The number of carbonyl (C=O) groups excluding carboxylic acids is 2. The third kappa shape index (κ3) is 4.25. The van der Waals surface area contributed by atoms with E-state index in [1.54, 1.807) is 11.1 Å². The molecule has 3 heterocycles. The molecule has 0 unspecified atom stereocenters. The smallest absolute Gasteiger partial charge is 0.414 e. The molecule has 0 spiro atoms. The van der Waals surface area contributed by atoms with Crippen LogP contribution in [0.25, 0.3) is 21.3 Å². The zero-order valence-corrected chi connectivity index (χ0v) is 18.7. The van der Waals surface area contributed by atoms with Crippen molar-refractivity contribution >= 4 is 50.2 Å². The van der Waals surface area contributed by atoms with Crippen LogP contribution in [-0.4, -0.2) is 41.2 Å². The Morgan fingerprint density at radius 3 is 2.84 bits per heavy atom. The molecule has 1 aromatic carbocycles. The summed E-state index contributed by atoms with van der Waals surface area (Å²) in [6, 6.07) is 7.92. The maximum absolute atomic E-state index is 12.9. The standard InChI is InChI=1S/C23H25N5O3S/c1-14(29)26-22-27-18-8-7-15(12-20(18)32-22)16-11-19-21(25-13-16)24-9-10-28(19)23(30)31-17-5-3-2-4-6-17/h7-8,11-13,17H,2-6,9-10H2,1H3,(H,24,25)(H,26,27,29). The Balaban J connectivity index is 1.42. The lowest BCUT2D eigenvalue weighted by Gasteiger charge is -2.31. The molecule has 166 valence electrons. The molecule has 1 aliphatic heterocycles. The van der Waals surface area contributed by atoms with E-state index in [0.717, 1.165) is 52.7 Å². The number of thiazole rings is 1. The van der Waals surface area contributed by atoms with E-state index in [1.165, 1.54) is 24.7 Å². The highest BCUT2D eigenvalue weighted by molar-refractivity contribution is 7.22. The molecule has 2 amide bonds. The Morgan fingerprint density at radius 2 is 2.03 bits per heavy atom. The van der Waals surface area contributed by atoms with Crippen molar-refractivity contribution in [2.45, 2.75) is 45.1 Å². The van der Waals surface area contributed by atoms with Gasteiger partial charge in [-0.15, -0.1) is 0 Å². The maximum Gasteiger partial charge on any atom is 0.414 e. The van der Waals surface area contributed by atoms with E-state index < -0.39 is 0 Å². The molecular formula is C23H25N5O3S. The Kier molecular flexibility index (Phi) is 5.65. The number of ether oxygens (including phenoxy) is 1. The zero-order chi connectivity index (χ0) is 22.1. The Labute approximate surface area is 190 Å². The quantitative estimate of drug-likeness (QED) is 0.581. The van der Waals surface area contributed by atoms with Crippen molar-refractivity contribution in [3.63, 3.8) is 0 Å². The van der Waals surface area contributed by atoms with Gasteiger partial charge in [-0.1, -0.05) is 23.8 Å². The summed E-state index contributed by atoms with van der Waals surface area (Å²) in [5.74, 6) is 0.545. The first kappa shape index (κ1) is 20.7. The average molecular weight is 452 g/mol. The molecule has 0 bridgehead atoms. The molecule has 2 aliphatic rings. The van der Waals surface area contributed by atoms with E-state index in [4.69, 9.17) is 4.74 Å². The number of aromatic nitrogens is 2. The number of nitrogens with zero attached hydrogens (tertiary/aromatic N) is 3. The minimum absolute atomic E-state index is 0.0114. The van der Waals surface area contributed by atoms with Crippen LogP contribution in [0.3, 0.4) is 0 Å². The van der Waals surface area contributed by atoms with Gasteiger partial charge in [0.15, 0.2) is 5.13 Å².